The third-order valence-corrected chi connectivity index (χ3v) is 6.82. The molecule has 2 heterocycles. The fourth-order valence-electron chi connectivity index (χ4n) is 5.41. The summed E-state index contributed by atoms with van der Waals surface area (Å²) in [6, 6.07) is 14.7. The molecule has 2 atom stereocenters. The number of esters is 1. The zero-order valence-corrected chi connectivity index (χ0v) is 19.6. The highest BCUT2D eigenvalue weighted by Gasteiger charge is 2.55. The number of nitrogens with one attached hydrogen (secondary N) is 1. The fourth-order valence-corrected chi connectivity index (χ4v) is 5.41. The van der Waals surface area contributed by atoms with Gasteiger partial charge in [0.05, 0.1) is 12.6 Å². The Morgan fingerprint density at radius 3 is 2.53 bits per heavy atom. The number of carbonyl (C=O) groups is 2. The number of hydrogen-bond donors (Lipinski definition) is 1. The third-order valence-electron chi connectivity index (χ3n) is 6.82. The number of rotatable bonds is 4. The fraction of sp³-hybridized carbons (Fsp3) is 0.538. The molecule has 1 amide bonds. The quantitative estimate of drug-likeness (QED) is 0.715. The van der Waals surface area contributed by atoms with Crippen LogP contribution in [0.1, 0.15) is 52.0 Å². The number of piperidine rings is 1. The van der Waals surface area contributed by atoms with Gasteiger partial charge in [-0.3, -0.25) is 9.69 Å². The van der Waals surface area contributed by atoms with Gasteiger partial charge in [-0.05, 0) is 75.8 Å². The largest absolute Gasteiger partial charge is 0.468 e. The lowest BCUT2D eigenvalue weighted by molar-refractivity contribution is -0.157. The highest BCUT2D eigenvalue weighted by molar-refractivity contribution is 5.83. The van der Waals surface area contributed by atoms with Crippen LogP contribution in [0.4, 0.5) is 4.79 Å². The molecule has 0 spiro atoms. The standard InChI is InChI=1S/C26H34N2O4/c1-24(2,3)32-23(30)27-25(17-19-10-11-20-8-5-6-9-21(20)16-19)13-14-26(22(29)31-4)12-7-15-28(26)18-25/h5-6,8-11,16H,7,12-15,17-18H2,1-4H3,(H,27,30)/t25-,26+/m0/s1. The predicted octanol–water partition coefficient (Wildman–Crippen LogP) is 4.45. The SMILES string of the molecule is COC(=O)[C@]12CCCN1C[C@](Cc1ccc3ccccc3c1)(NC(=O)OC(C)(C)C)CC2. The molecule has 0 unspecified atom stereocenters. The number of amides is 1. The number of carbonyl (C=O) groups excluding carboxylic acids is 2. The molecule has 32 heavy (non-hydrogen) atoms. The second kappa shape index (κ2) is 8.39. The van der Waals surface area contributed by atoms with Gasteiger partial charge in [-0.2, -0.15) is 0 Å². The Bertz CT molecular complexity index is 1010. The molecule has 2 saturated heterocycles. The zero-order valence-electron chi connectivity index (χ0n) is 19.6. The number of fused-ring (bicyclic) bond motifs is 2. The molecule has 1 N–H and O–H groups in total. The molecular formula is C26H34N2O4. The van der Waals surface area contributed by atoms with Crippen LogP contribution >= 0.6 is 0 Å². The number of ether oxygens (including phenoxy) is 2. The molecule has 6 nitrogen and oxygen atoms in total. The Morgan fingerprint density at radius 2 is 1.81 bits per heavy atom. The number of nitrogens with zero attached hydrogens (tertiary/aromatic N) is 1. The van der Waals surface area contributed by atoms with E-state index in [1.54, 1.807) is 0 Å². The van der Waals surface area contributed by atoms with Gasteiger partial charge in [0, 0.05) is 6.54 Å². The molecule has 0 aromatic heterocycles. The molecule has 2 aromatic rings. The van der Waals surface area contributed by atoms with E-state index in [9.17, 15) is 9.59 Å². The summed E-state index contributed by atoms with van der Waals surface area (Å²) < 4.78 is 10.8. The molecule has 172 valence electrons. The summed E-state index contributed by atoms with van der Waals surface area (Å²) in [5.41, 5.74) is -0.513. The Morgan fingerprint density at radius 1 is 1.06 bits per heavy atom. The van der Waals surface area contributed by atoms with Crippen molar-refractivity contribution in [3.8, 4) is 0 Å². The van der Waals surface area contributed by atoms with Gasteiger partial charge in [0.1, 0.15) is 11.1 Å². The summed E-state index contributed by atoms with van der Waals surface area (Å²) in [6.45, 7) is 7.02. The van der Waals surface area contributed by atoms with Gasteiger partial charge in [0.2, 0.25) is 0 Å². The summed E-state index contributed by atoms with van der Waals surface area (Å²) >= 11 is 0. The minimum Gasteiger partial charge on any atom is -0.468 e. The van der Waals surface area contributed by atoms with Crippen molar-refractivity contribution in [2.75, 3.05) is 20.2 Å². The van der Waals surface area contributed by atoms with Crippen molar-refractivity contribution in [2.45, 2.75) is 69.6 Å². The Balaban J connectivity index is 1.64. The lowest BCUT2D eigenvalue weighted by Gasteiger charge is -2.49. The van der Waals surface area contributed by atoms with Gasteiger partial charge in [-0.15, -0.1) is 0 Å². The number of methoxy groups -OCH3 is 1. The minimum atomic E-state index is -0.577. The predicted molar refractivity (Wildman–Crippen MR) is 125 cm³/mol. The van der Waals surface area contributed by atoms with Gasteiger partial charge < -0.3 is 14.8 Å². The first-order valence-corrected chi connectivity index (χ1v) is 11.5. The van der Waals surface area contributed by atoms with E-state index in [1.165, 1.54) is 17.9 Å². The van der Waals surface area contributed by atoms with Crippen LogP contribution in [0.25, 0.3) is 10.8 Å². The molecule has 4 rings (SSSR count). The summed E-state index contributed by atoms with van der Waals surface area (Å²) in [5.74, 6) is -0.161. The van der Waals surface area contributed by atoms with Gasteiger partial charge >= 0.3 is 12.1 Å². The average molecular weight is 439 g/mol. The van der Waals surface area contributed by atoms with E-state index in [0.717, 1.165) is 24.9 Å². The first kappa shape index (κ1) is 22.6. The first-order chi connectivity index (χ1) is 15.1. The van der Waals surface area contributed by atoms with Crippen molar-refractivity contribution in [1.29, 1.82) is 0 Å². The molecule has 2 aliphatic rings. The van der Waals surface area contributed by atoms with Crippen LogP contribution in [-0.4, -0.2) is 53.8 Å². The van der Waals surface area contributed by atoms with Crippen LogP contribution in [0.15, 0.2) is 42.5 Å². The van der Waals surface area contributed by atoms with E-state index in [2.05, 4.69) is 40.5 Å². The summed E-state index contributed by atoms with van der Waals surface area (Å²) in [5, 5.41) is 5.59. The van der Waals surface area contributed by atoms with Crippen molar-refractivity contribution in [2.24, 2.45) is 0 Å². The molecule has 0 saturated carbocycles. The molecular weight excluding hydrogens is 404 g/mol. The normalized spacial score (nSPS) is 25.9. The molecule has 6 heteroatoms. The van der Waals surface area contributed by atoms with E-state index >= 15 is 0 Å². The first-order valence-electron chi connectivity index (χ1n) is 11.5. The van der Waals surface area contributed by atoms with Crippen LogP contribution in [0.2, 0.25) is 0 Å². The topological polar surface area (TPSA) is 67.9 Å². The maximum absolute atomic E-state index is 12.9. The average Bonchev–Trinajstić information content (AvgIpc) is 3.15. The van der Waals surface area contributed by atoms with Gasteiger partial charge in [-0.1, -0.05) is 42.5 Å². The maximum Gasteiger partial charge on any atom is 0.408 e. The zero-order chi connectivity index (χ0) is 23.0. The molecule has 0 bridgehead atoms. The number of alkyl carbamates (subject to hydrolysis) is 1. The van der Waals surface area contributed by atoms with Crippen LogP contribution in [0, 0.1) is 0 Å². The molecule has 0 radical (unpaired) electrons. The molecule has 2 fully saturated rings. The van der Waals surface area contributed by atoms with Crippen molar-refractivity contribution < 1.29 is 19.1 Å². The smallest absolute Gasteiger partial charge is 0.408 e. The summed E-state index contributed by atoms with van der Waals surface area (Å²) in [4.78, 5) is 27.8. The van der Waals surface area contributed by atoms with Crippen LogP contribution in [0.5, 0.6) is 0 Å². The van der Waals surface area contributed by atoms with Crippen molar-refractivity contribution in [1.82, 2.24) is 10.2 Å². The van der Waals surface area contributed by atoms with E-state index in [-0.39, 0.29) is 5.97 Å². The second-order valence-corrected chi connectivity index (χ2v) is 10.3. The van der Waals surface area contributed by atoms with Crippen LogP contribution < -0.4 is 5.32 Å². The van der Waals surface area contributed by atoms with Gasteiger partial charge in [0.25, 0.3) is 0 Å². The molecule has 0 aliphatic carbocycles. The number of hydrogen-bond acceptors (Lipinski definition) is 5. The van der Waals surface area contributed by atoms with E-state index in [0.29, 0.717) is 25.8 Å². The van der Waals surface area contributed by atoms with Crippen molar-refractivity contribution in [3.05, 3.63) is 48.0 Å². The molecule has 2 aliphatic heterocycles. The minimum absolute atomic E-state index is 0.161. The summed E-state index contributed by atoms with van der Waals surface area (Å²) in [6.07, 6.45) is 3.35. The van der Waals surface area contributed by atoms with E-state index in [1.807, 2.05) is 32.9 Å². The Hall–Kier alpha value is -2.60. The lowest BCUT2D eigenvalue weighted by atomic mass is 9.75. The van der Waals surface area contributed by atoms with Gasteiger partial charge in [0.15, 0.2) is 0 Å². The van der Waals surface area contributed by atoms with Crippen molar-refractivity contribution in [3.63, 3.8) is 0 Å². The maximum atomic E-state index is 12.9. The van der Waals surface area contributed by atoms with Crippen LogP contribution in [0.3, 0.4) is 0 Å². The van der Waals surface area contributed by atoms with E-state index < -0.39 is 22.8 Å². The second-order valence-electron chi connectivity index (χ2n) is 10.3. The van der Waals surface area contributed by atoms with E-state index in [4.69, 9.17) is 9.47 Å². The molecule has 2 aromatic carbocycles. The highest BCUT2D eigenvalue weighted by Crippen LogP contribution is 2.43. The third kappa shape index (κ3) is 4.46. The van der Waals surface area contributed by atoms with Crippen molar-refractivity contribution >= 4 is 22.8 Å². The lowest BCUT2D eigenvalue weighted by Crippen LogP contribution is -2.67. The van der Waals surface area contributed by atoms with Crippen LogP contribution in [-0.2, 0) is 20.7 Å². The summed E-state index contributed by atoms with van der Waals surface area (Å²) in [7, 11) is 1.46. The highest BCUT2D eigenvalue weighted by atomic mass is 16.6. The van der Waals surface area contributed by atoms with Gasteiger partial charge in [-0.25, -0.2) is 4.79 Å². The Labute approximate surface area is 190 Å². The monoisotopic (exact) mass is 438 g/mol. The number of benzene rings is 2. The Kier molecular flexibility index (Phi) is 5.93.